The van der Waals surface area contributed by atoms with Gasteiger partial charge in [0.2, 0.25) is 0 Å². The molecule has 15 heavy (non-hydrogen) atoms. The van der Waals surface area contributed by atoms with Crippen molar-refractivity contribution >= 4 is 23.2 Å². The predicted octanol–water partition coefficient (Wildman–Crippen LogP) is 4.35. The summed E-state index contributed by atoms with van der Waals surface area (Å²) in [7, 11) is 0. The molecule has 1 aromatic rings. The van der Waals surface area contributed by atoms with Gasteiger partial charge in [0.15, 0.2) is 0 Å². The molecule has 1 aliphatic carbocycles. The number of benzene rings is 1. The van der Waals surface area contributed by atoms with Crippen LogP contribution >= 0.6 is 23.2 Å². The van der Waals surface area contributed by atoms with Gasteiger partial charge in [0.1, 0.15) is 5.82 Å². The Morgan fingerprint density at radius 1 is 1.40 bits per heavy atom. The molecule has 0 aliphatic heterocycles. The Hall–Kier alpha value is -0.530. The lowest BCUT2D eigenvalue weighted by molar-refractivity contribution is 0.627. The highest BCUT2D eigenvalue weighted by atomic mass is 35.5. The van der Waals surface area contributed by atoms with Crippen molar-refractivity contribution in [2.24, 2.45) is 0 Å². The standard InChI is InChI=1S/C12H11Cl2F/c13-10-3-1-8(6-10)5-9-2-4-12(15)11(14)7-9/h2,4,6-7,10H,1,3,5H2. The quantitative estimate of drug-likeness (QED) is 0.536. The van der Waals surface area contributed by atoms with E-state index in [1.807, 2.05) is 0 Å². The van der Waals surface area contributed by atoms with E-state index in [1.54, 1.807) is 12.1 Å². The van der Waals surface area contributed by atoms with E-state index in [-0.39, 0.29) is 16.2 Å². The summed E-state index contributed by atoms with van der Waals surface area (Å²) in [6, 6.07) is 4.86. The van der Waals surface area contributed by atoms with Crippen molar-refractivity contribution in [2.75, 3.05) is 0 Å². The molecule has 0 fully saturated rings. The first-order chi connectivity index (χ1) is 7.15. The molecule has 1 aromatic carbocycles. The molecular weight excluding hydrogens is 234 g/mol. The lowest BCUT2D eigenvalue weighted by Gasteiger charge is -2.03. The van der Waals surface area contributed by atoms with Crippen LogP contribution in [0.4, 0.5) is 4.39 Å². The van der Waals surface area contributed by atoms with Gasteiger partial charge in [0.05, 0.1) is 10.4 Å². The van der Waals surface area contributed by atoms with Crippen LogP contribution in [0, 0.1) is 5.82 Å². The van der Waals surface area contributed by atoms with Gasteiger partial charge in [-0.1, -0.05) is 29.3 Å². The van der Waals surface area contributed by atoms with Gasteiger partial charge in [-0.3, -0.25) is 0 Å². The molecule has 0 bridgehead atoms. The third-order valence-electron chi connectivity index (χ3n) is 2.57. The van der Waals surface area contributed by atoms with E-state index < -0.39 is 0 Å². The second-order valence-electron chi connectivity index (χ2n) is 3.80. The Bertz CT molecular complexity index is 399. The molecule has 1 aliphatic rings. The molecule has 1 atom stereocenters. The molecule has 0 saturated heterocycles. The summed E-state index contributed by atoms with van der Waals surface area (Å²) in [6.45, 7) is 0. The van der Waals surface area contributed by atoms with Crippen molar-refractivity contribution in [2.45, 2.75) is 24.6 Å². The zero-order valence-electron chi connectivity index (χ0n) is 8.14. The van der Waals surface area contributed by atoms with E-state index in [9.17, 15) is 4.39 Å². The van der Waals surface area contributed by atoms with Crippen LogP contribution in [-0.4, -0.2) is 5.38 Å². The molecule has 0 aromatic heterocycles. The Morgan fingerprint density at radius 2 is 2.20 bits per heavy atom. The number of halogens is 3. The first-order valence-electron chi connectivity index (χ1n) is 4.93. The summed E-state index contributed by atoms with van der Waals surface area (Å²) in [5.74, 6) is -0.365. The Kier molecular flexibility index (Phi) is 3.32. The highest BCUT2D eigenvalue weighted by Gasteiger charge is 2.13. The number of rotatable bonds is 2. The Balaban J connectivity index is 2.11. The number of hydrogen-bond donors (Lipinski definition) is 0. The van der Waals surface area contributed by atoms with Gasteiger partial charge >= 0.3 is 0 Å². The smallest absolute Gasteiger partial charge is 0.141 e. The van der Waals surface area contributed by atoms with E-state index in [2.05, 4.69) is 6.08 Å². The molecule has 2 rings (SSSR count). The van der Waals surface area contributed by atoms with Crippen molar-refractivity contribution in [3.63, 3.8) is 0 Å². The number of allylic oxidation sites excluding steroid dienone is 2. The van der Waals surface area contributed by atoms with Crippen molar-refractivity contribution < 1.29 is 4.39 Å². The van der Waals surface area contributed by atoms with Crippen LogP contribution in [0.1, 0.15) is 18.4 Å². The predicted molar refractivity (Wildman–Crippen MR) is 62.1 cm³/mol. The maximum absolute atomic E-state index is 12.9. The van der Waals surface area contributed by atoms with Crippen molar-refractivity contribution in [3.05, 3.63) is 46.3 Å². The van der Waals surface area contributed by atoms with E-state index in [0.717, 1.165) is 24.8 Å². The fourth-order valence-corrected chi connectivity index (χ4v) is 2.30. The van der Waals surface area contributed by atoms with E-state index in [0.29, 0.717) is 0 Å². The van der Waals surface area contributed by atoms with E-state index in [1.165, 1.54) is 11.6 Å². The minimum atomic E-state index is -0.365. The summed E-state index contributed by atoms with van der Waals surface area (Å²) in [4.78, 5) is 0. The van der Waals surface area contributed by atoms with Crippen LogP contribution < -0.4 is 0 Å². The van der Waals surface area contributed by atoms with Gasteiger partial charge in [-0.15, -0.1) is 11.6 Å². The minimum absolute atomic E-state index is 0.163. The molecule has 0 radical (unpaired) electrons. The van der Waals surface area contributed by atoms with Crippen molar-refractivity contribution in [3.8, 4) is 0 Å². The SMILES string of the molecule is Fc1ccc(CC2=CC(Cl)CC2)cc1Cl. The van der Waals surface area contributed by atoms with Crippen molar-refractivity contribution in [1.29, 1.82) is 0 Å². The third kappa shape index (κ3) is 2.73. The van der Waals surface area contributed by atoms with Gasteiger partial charge in [-0.25, -0.2) is 4.39 Å². The zero-order chi connectivity index (χ0) is 10.8. The monoisotopic (exact) mass is 244 g/mol. The Morgan fingerprint density at radius 3 is 2.80 bits per heavy atom. The van der Waals surface area contributed by atoms with Gasteiger partial charge in [-0.2, -0.15) is 0 Å². The number of hydrogen-bond acceptors (Lipinski definition) is 0. The molecule has 1 unspecified atom stereocenters. The second kappa shape index (κ2) is 4.54. The van der Waals surface area contributed by atoms with Crippen LogP contribution in [0.5, 0.6) is 0 Å². The van der Waals surface area contributed by atoms with Gasteiger partial charge in [-0.05, 0) is 37.0 Å². The third-order valence-corrected chi connectivity index (χ3v) is 3.21. The van der Waals surface area contributed by atoms with E-state index >= 15 is 0 Å². The first-order valence-corrected chi connectivity index (χ1v) is 5.74. The van der Waals surface area contributed by atoms with Crippen LogP contribution in [0.2, 0.25) is 5.02 Å². The van der Waals surface area contributed by atoms with Crippen LogP contribution in [0.15, 0.2) is 29.8 Å². The second-order valence-corrected chi connectivity index (χ2v) is 4.77. The summed E-state index contributed by atoms with van der Waals surface area (Å²) < 4.78 is 12.9. The lowest BCUT2D eigenvalue weighted by Crippen LogP contribution is -1.89. The molecule has 0 saturated carbocycles. The highest BCUT2D eigenvalue weighted by Crippen LogP contribution is 2.26. The summed E-state index contributed by atoms with van der Waals surface area (Å²) in [5.41, 5.74) is 2.36. The average molecular weight is 245 g/mol. The highest BCUT2D eigenvalue weighted by molar-refractivity contribution is 6.30. The first kappa shape index (κ1) is 11.0. The lowest BCUT2D eigenvalue weighted by atomic mass is 10.1. The van der Waals surface area contributed by atoms with Gasteiger partial charge in [0.25, 0.3) is 0 Å². The van der Waals surface area contributed by atoms with Crippen LogP contribution in [-0.2, 0) is 6.42 Å². The molecule has 0 nitrogen and oxygen atoms in total. The minimum Gasteiger partial charge on any atom is -0.205 e. The normalized spacial score (nSPS) is 20.5. The fraction of sp³-hybridized carbons (Fsp3) is 0.333. The molecule has 0 spiro atoms. The Labute approximate surface area is 98.7 Å². The molecule has 3 heteroatoms. The number of alkyl halides is 1. The maximum Gasteiger partial charge on any atom is 0.141 e. The van der Waals surface area contributed by atoms with Crippen LogP contribution in [0.3, 0.4) is 0 Å². The molecular formula is C12H11Cl2F. The topological polar surface area (TPSA) is 0 Å². The maximum atomic E-state index is 12.9. The largest absolute Gasteiger partial charge is 0.205 e. The molecule has 0 heterocycles. The molecule has 0 amide bonds. The van der Waals surface area contributed by atoms with Gasteiger partial charge in [0, 0.05) is 0 Å². The average Bonchev–Trinajstić information content (AvgIpc) is 2.58. The zero-order valence-corrected chi connectivity index (χ0v) is 9.65. The fourth-order valence-electron chi connectivity index (χ4n) is 1.80. The summed E-state index contributed by atoms with van der Waals surface area (Å²) in [5, 5.41) is 0.351. The molecule has 80 valence electrons. The van der Waals surface area contributed by atoms with Crippen LogP contribution in [0.25, 0.3) is 0 Å². The van der Waals surface area contributed by atoms with E-state index in [4.69, 9.17) is 23.2 Å². The molecule has 0 N–H and O–H groups in total. The summed E-state index contributed by atoms with van der Waals surface area (Å²) >= 11 is 11.7. The van der Waals surface area contributed by atoms with Crippen molar-refractivity contribution in [1.82, 2.24) is 0 Å². The summed E-state index contributed by atoms with van der Waals surface area (Å²) in [6.07, 6.45) is 4.94. The van der Waals surface area contributed by atoms with Gasteiger partial charge < -0.3 is 0 Å².